The number of aromatic nitrogens is 2. The van der Waals surface area contributed by atoms with Gasteiger partial charge in [-0.15, -0.1) is 0 Å². The molecule has 1 aromatic heterocycles. The van der Waals surface area contributed by atoms with Crippen LogP contribution in [0.2, 0.25) is 0 Å². The van der Waals surface area contributed by atoms with Gasteiger partial charge in [0.15, 0.2) is 5.78 Å². The van der Waals surface area contributed by atoms with Gasteiger partial charge in [-0.25, -0.2) is 8.78 Å². The predicted octanol–water partition coefficient (Wildman–Crippen LogP) is 3.33. The number of para-hydroxylation sites is 1. The molecular formula is C16H10F2N2O. The average Bonchev–Trinajstić information content (AvgIpc) is 2.50. The number of hydrogen-bond donors (Lipinski definition) is 0. The molecule has 1 heterocycles. The quantitative estimate of drug-likeness (QED) is 0.693. The Morgan fingerprint density at radius 3 is 2.71 bits per heavy atom. The lowest BCUT2D eigenvalue weighted by molar-refractivity contribution is 0.0993. The Labute approximate surface area is 119 Å². The van der Waals surface area contributed by atoms with Crippen LogP contribution in [0.5, 0.6) is 0 Å². The predicted molar refractivity (Wildman–Crippen MR) is 73.9 cm³/mol. The summed E-state index contributed by atoms with van der Waals surface area (Å²) in [6, 6.07) is 8.10. The molecule has 3 aromatic rings. The van der Waals surface area contributed by atoms with Crippen molar-refractivity contribution in [2.24, 2.45) is 0 Å². The van der Waals surface area contributed by atoms with Crippen LogP contribution in [0.4, 0.5) is 8.78 Å². The van der Waals surface area contributed by atoms with Gasteiger partial charge in [-0.2, -0.15) is 0 Å². The third-order valence-corrected chi connectivity index (χ3v) is 3.16. The van der Waals surface area contributed by atoms with Crippen LogP contribution in [-0.2, 0) is 6.42 Å². The summed E-state index contributed by atoms with van der Waals surface area (Å²) in [5.74, 6) is -1.50. The third kappa shape index (κ3) is 2.63. The number of hydrogen-bond acceptors (Lipinski definition) is 3. The summed E-state index contributed by atoms with van der Waals surface area (Å²) >= 11 is 0. The topological polar surface area (TPSA) is 42.9 Å². The summed E-state index contributed by atoms with van der Waals surface area (Å²) in [6.45, 7) is 0. The third-order valence-electron chi connectivity index (χ3n) is 3.16. The summed E-state index contributed by atoms with van der Waals surface area (Å²) < 4.78 is 26.8. The molecule has 0 saturated heterocycles. The molecule has 0 saturated carbocycles. The maximum absolute atomic E-state index is 13.6. The number of ketones is 1. The SMILES string of the molecule is O=C(Cc1cc(F)ccc1F)c1cccc2nccnc12. The molecule has 0 aliphatic rings. The fraction of sp³-hybridized carbons (Fsp3) is 0.0625. The van der Waals surface area contributed by atoms with Gasteiger partial charge in [-0.05, 0) is 35.9 Å². The van der Waals surface area contributed by atoms with E-state index in [1.807, 2.05) is 0 Å². The van der Waals surface area contributed by atoms with E-state index in [9.17, 15) is 13.6 Å². The van der Waals surface area contributed by atoms with Crippen molar-refractivity contribution in [1.82, 2.24) is 9.97 Å². The standard InChI is InChI=1S/C16H10F2N2O/c17-11-4-5-13(18)10(8-11)9-15(21)12-2-1-3-14-16(12)20-7-6-19-14/h1-8H,9H2. The molecule has 0 amide bonds. The normalized spacial score (nSPS) is 10.8. The first-order valence-corrected chi connectivity index (χ1v) is 6.32. The Morgan fingerprint density at radius 1 is 1.05 bits per heavy atom. The first kappa shape index (κ1) is 13.3. The van der Waals surface area contributed by atoms with Crippen LogP contribution in [-0.4, -0.2) is 15.8 Å². The molecule has 0 N–H and O–H groups in total. The highest BCUT2D eigenvalue weighted by molar-refractivity contribution is 6.06. The van der Waals surface area contributed by atoms with Crippen LogP contribution >= 0.6 is 0 Å². The van der Waals surface area contributed by atoms with E-state index in [-0.39, 0.29) is 17.8 Å². The Bertz CT molecular complexity index is 828. The van der Waals surface area contributed by atoms with Gasteiger partial charge in [0.05, 0.1) is 11.0 Å². The lowest BCUT2D eigenvalue weighted by Gasteiger charge is -2.05. The van der Waals surface area contributed by atoms with Crippen LogP contribution in [0, 0.1) is 11.6 Å². The molecule has 104 valence electrons. The Morgan fingerprint density at radius 2 is 1.86 bits per heavy atom. The molecule has 21 heavy (non-hydrogen) atoms. The van der Waals surface area contributed by atoms with E-state index in [1.165, 1.54) is 12.4 Å². The molecular weight excluding hydrogens is 274 g/mol. The van der Waals surface area contributed by atoms with E-state index >= 15 is 0 Å². The smallest absolute Gasteiger partial charge is 0.169 e. The van der Waals surface area contributed by atoms with Crippen molar-refractivity contribution in [3.63, 3.8) is 0 Å². The number of nitrogens with zero attached hydrogens (tertiary/aromatic N) is 2. The van der Waals surface area contributed by atoms with E-state index in [4.69, 9.17) is 0 Å². The Hall–Kier alpha value is -2.69. The van der Waals surface area contributed by atoms with Crippen LogP contribution in [0.1, 0.15) is 15.9 Å². The van der Waals surface area contributed by atoms with Crippen LogP contribution in [0.15, 0.2) is 48.8 Å². The highest BCUT2D eigenvalue weighted by Crippen LogP contribution is 2.18. The first-order valence-electron chi connectivity index (χ1n) is 6.32. The van der Waals surface area contributed by atoms with Crippen molar-refractivity contribution in [2.75, 3.05) is 0 Å². The van der Waals surface area contributed by atoms with E-state index in [0.29, 0.717) is 16.6 Å². The molecule has 2 aromatic carbocycles. The van der Waals surface area contributed by atoms with Crippen LogP contribution < -0.4 is 0 Å². The van der Waals surface area contributed by atoms with Gasteiger partial charge in [-0.3, -0.25) is 14.8 Å². The van der Waals surface area contributed by atoms with Gasteiger partial charge in [0.2, 0.25) is 0 Å². The van der Waals surface area contributed by atoms with Crippen LogP contribution in [0.3, 0.4) is 0 Å². The van der Waals surface area contributed by atoms with Crippen LogP contribution in [0.25, 0.3) is 11.0 Å². The fourth-order valence-electron chi connectivity index (χ4n) is 2.16. The summed E-state index contributed by atoms with van der Waals surface area (Å²) in [5, 5.41) is 0. The Balaban J connectivity index is 1.99. The summed E-state index contributed by atoms with van der Waals surface area (Å²) in [4.78, 5) is 20.6. The lowest BCUT2D eigenvalue weighted by atomic mass is 10.0. The van der Waals surface area contributed by atoms with Gasteiger partial charge in [0, 0.05) is 24.4 Å². The number of fused-ring (bicyclic) bond motifs is 1. The summed E-state index contributed by atoms with van der Waals surface area (Å²) in [5.41, 5.74) is 1.43. The molecule has 0 aliphatic heterocycles. The van der Waals surface area contributed by atoms with Crippen molar-refractivity contribution in [3.05, 3.63) is 71.6 Å². The second-order valence-corrected chi connectivity index (χ2v) is 4.57. The number of benzene rings is 2. The van der Waals surface area contributed by atoms with Crippen molar-refractivity contribution in [3.8, 4) is 0 Å². The molecule has 5 heteroatoms. The van der Waals surface area contributed by atoms with Crippen molar-refractivity contribution in [2.45, 2.75) is 6.42 Å². The minimum Gasteiger partial charge on any atom is -0.294 e. The molecule has 3 rings (SSSR count). The number of rotatable bonds is 3. The maximum Gasteiger partial charge on any atom is 0.169 e. The van der Waals surface area contributed by atoms with E-state index in [1.54, 1.807) is 18.2 Å². The molecule has 0 unspecified atom stereocenters. The monoisotopic (exact) mass is 284 g/mol. The largest absolute Gasteiger partial charge is 0.294 e. The minimum atomic E-state index is -0.601. The molecule has 0 spiro atoms. The molecule has 0 atom stereocenters. The van der Waals surface area contributed by atoms with Crippen molar-refractivity contribution >= 4 is 16.8 Å². The van der Waals surface area contributed by atoms with Gasteiger partial charge in [-0.1, -0.05) is 6.07 Å². The van der Waals surface area contributed by atoms with Gasteiger partial charge in [0.25, 0.3) is 0 Å². The zero-order valence-corrected chi connectivity index (χ0v) is 10.9. The van der Waals surface area contributed by atoms with Gasteiger partial charge < -0.3 is 0 Å². The highest BCUT2D eigenvalue weighted by atomic mass is 19.1. The van der Waals surface area contributed by atoms with E-state index in [2.05, 4.69) is 9.97 Å². The summed E-state index contributed by atoms with van der Waals surface area (Å²) in [6.07, 6.45) is 2.80. The number of Topliss-reactive ketones (excluding diaryl/α,β-unsaturated/α-hetero) is 1. The van der Waals surface area contributed by atoms with Gasteiger partial charge >= 0.3 is 0 Å². The van der Waals surface area contributed by atoms with E-state index < -0.39 is 11.6 Å². The highest BCUT2D eigenvalue weighted by Gasteiger charge is 2.14. The molecule has 3 nitrogen and oxygen atoms in total. The van der Waals surface area contributed by atoms with Crippen molar-refractivity contribution in [1.29, 1.82) is 0 Å². The lowest BCUT2D eigenvalue weighted by Crippen LogP contribution is -2.07. The number of carbonyl (C=O) groups excluding carboxylic acids is 1. The maximum atomic E-state index is 13.6. The summed E-state index contributed by atoms with van der Waals surface area (Å²) in [7, 11) is 0. The van der Waals surface area contributed by atoms with Gasteiger partial charge in [0.1, 0.15) is 11.6 Å². The zero-order chi connectivity index (χ0) is 14.8. The average molecular weight is 284 g/mol. The molecule has 0 bridgehead atoms. The molecule has 0 radical (unpaired) electrons. The minimum absolute atomic E-state index is 0.0286. The number of halogens is 2. The molecule has 0 aliphatic carbocycles. The van der Waals surface area contributed by atoms with Crippen molar-refractivity contribution < 1.29 is 13.6 Å². The first-order chi connectivity index (χ1) is 10.1. The molecule has 0 fully saturated rings. The second-order valence-electron chi connectivity index (χ2n) is 4.57. The van der Waals surface area contributed by atoms with E-state index in [0.717, 1.165) is 18.2 Å². The number of carbonyl (C=O) groups is 1. The Kier molecular flexibility index (Phi) is 3.39. The second kappa shape index (κ2) is 5.36. The fourth-order valence-corrected chi connectivity index (χ4v) is 2.16. The zero-order valence-electron chi connectivity index (χ0n) is 10.9.